The van der Waals surface area contributed by atoms with Gasteiger partial charge >= 0.3 is 112 Å². The van der Waals surface area contributed by atoms with E-state index in [0.29, 0.717) is 12.2 Å². The number of ether oxygens (including phenoxy) is 2. The molecule has 0 amide bonds. The van der Waals surface area contributed by atoms with E-state index in [-0.39, 0.29) is 0 Å². The Bertz CT molecular complexity index is 210. The van der Waals surface area contributed by atoms with Crippen LogP contribution < -0.4 is 0 Å². The van der Waals surface area contributed by atoms with Crippen LogP contribution in [0.3, 0.4) is 0 Å². The number of rotatable bonds is 6. The van der Waals surface area contributed by atoms with E-state index in [1.165, 1.54) is 28.6 Å². The van der Waals surface area contributed by atoms with Crippen molar-refractivity contribution in [2.75, 3.05) is 24.7 Å². The summed E-state index contributed by atoms with van der Waals surface area (Å²) in [5.74, 6) is 2.46. The van der Waals surface area contributed by atoms with Crippen molar-refractivity contribution >= 4 is 38.5 Å². The fourth-order valence-corrected chi connectivity index (χ4v) is 8.58. The van der Waals surface area contributed by atoms with Gasteiger partial charge in [-0.2, -0.15) is 0 Å². The Labute approximate surface area is 112 Å². The molecule has 3 aliphatic rings. The van der Waals surface area contributed by atoms with Crippen molar-refractivity contribution in [3.8, 4) is 0 Å². The first-order valence-corrected chi connectivity index (χ1v) is 10.5. The van der Waals surface area contributed by atoms with Gasteiger partial charge in [0.25, 0.3) is 0 Å². The van der Waals surface area contributed by atoms with Gasteiger partial charge in [-0.3, -0.25) is 0 Å². The van der Waals surface area contributed by atoms with Crippen molar-refractivity contribution in [1.29, 1.82) is 0 Å². The molecule has 0 N–H and O–H groups in total. The van der Waals surface area contributed by atoms with Crippen molar-refractivity contribution in [3.05, 3.63) is 0 Å². The van der Waals surface area contributed by atoms with Gasteiger partial charge in [0.2, 0.25) is 0 Å². The molecule has 0 aliphatic carbocycles. The summed E-state index contributed by atoms with van der Waals surface area (Å²) in [5, 5.41) is 4.77. The fraction of sp³-hybridized carbons (Fsp3) is 1.00. The van der Waals surface area contributed by atoms with Gasteiger partial charge in [0.15, 0.2) is 0 Å². The van der Waals surface area contributed by atoms with E-state index < -0.39 is 0 Å². The molecule has 0 saturated carbocycles. The zero-order valence-corrected chi connectivity index (χ0v) is 12.6. The third kappa shape index (κ3) is 3.82. The summed E-state index contributed by atoms with van der Waals surface area (Å²) in [7, 11) is 0. The molecule has 0 aromatic rings. The molecule has 0 bridgehead atoms. The normalized spacial score (nSPS) is 42.0. The van der Waals surface area contributed by atoms with Crippen LogP contribution in [-0.4, -0.2) is 62.4 Å². The average Bonchev–Trinajstić information content (AvgIpc) is 3.17. The van der Waals surface area contributed by atoms with Crippen LogP contribution in [-0.2, 0) is 9.47 Å². The standard InChI is InChI=1S/C11H18O2S2Se/c1-2-16-7-11(15-6-9-4-13-9)10(1)14-5-8-3-12-8/h8-11H,1-7H2. The van der Waals surface area contributed by atoms with Crippen LogP contribution in [0, 0.1) is 0 Å². The van der Waals surface area contributed by atoms with Crippen LogP contribution in [0.5, 0.6) is 0 Å². The van der Waals surface area contributed by atoms with E-state index in [4.69, 9.17) is 9.47 Å². The van der Waals surface area contributed by atoms with Crippen LogP contribution in [0.15, 0.2) is 0 Å². The first-order valence-electron chi connectivity index (χ1n) is 5.96. The molecule has 0 spiro atoms. The minimum atomic E-state index is 0.592. The molecule has 3 saturated heterocycles. The number of epoxide rings is 2. The number of hydrogen-bond donors (Lipinski definition) is 0. The van der Waals surface area contributed by atoms with E-state index in [9.17, 15) is 0 Å². The molecular weight excluding hydrogens is 307 g/mol. The Morgan fingerprint density at radius 3 is 2.25 bits per heavy atom. The van der Waals surface area contributed by atoms with E-state index in [2.05, 4.69) is 23.5 Å². The van der Waals surface area contributed by atoms with E-state index in [1.807, 2.05) is 0 Å². The molecule has 3 rings (SSSR count). The summed E-state index contributed by atoms with van der Waals surface area (Å²) in [4.78, 5) is 0. The Morgan fingerprint density at radius 2 is 1.62 bits per heavy atom. The van der Waals surface area contributed by atoms with Gasteiger partial charge in [-0.25, -0.2) is 0 Å². The monoisotopic (exact) mass is 326 g/mol. The van der Waals surface area contributed by atoms with Gasteiger partial charge in [-0.05, 0) is 0 Å². The third-order valence-corrected chi connectivity index (χ3v) is 9.08. The van der Waals surface area contributed by atoms with E-state index in [1.54, 1.807) is 0 Å². The molecule has 3 heterocycles. The van der Waals surface area contributed by atoms with E-state index >= 15 is 0 Å². The maximum absolute atomic E-state index is 5.30. The first kappa shape index (κ1) is 12.2. The average molecular weight is 325 g/mol. The molecule has 0 aromatic heterocycles. The molecule has 2 nitrogen and oxygen atoms in total. The fourth-order valence-electron chi connectivity index (χ4n) is 1.83. The zero-order valence-electron chi connectivity index (χ0n) is 9.30. The quantitative estimate of drug-likeness (QED) is 0.550. The first-order chi connectivity index (χ1) is 7.92. The van der Waals surface area contributed by atoms with Gasteiger partial charge in [0, 0.05) is 0 Å². The molecule has 4 unspecified atom stereocenters. The van der Waals surface area contributed by atoms with Gasteiger partial charge in [0.05, 0.1) is 0 Å². The molecule has 3 aliphatic heterocycles. The molecule has 5 heteroatoms. The summed E-state index contributed by atoms with van der Waals surface area (Å²) in [6.07, 6.45) is 2.63. The molecule has 16 heavy (non-hydrogen) atoms. The topological polar surface area (TPSA) is 25.1 Å². The molecular formula is C11H18O2S2Se. The molecule has 3 fully saturated rings. The van der Waals surface area contributed by atoms with E-state index in [0.717, 1.165) is 38.7 Å². The maximum atomic E-state index is 5.30. The van der Waals surface area contributed by atoms with Crippen molar-refractivity contribution < 1.29 is 9.47 Å². The Balaban J connectivity index is 1.42. The predicted molar refractivity (Wildman–Crippen MR) is 72.0 cm³/mol. The molecule has 0 aromatic carbocycles. The van der Waals surface area contributed by atoms with Crippen molar-refractivity contribution in [3.63, 3.8) is 0 Å². The summed E-state index contributed by atoms with van der Waals surface area (Å²) >= 11 is 5.26. The van der Waals surface area contributed by atoms with Crippen LogP contribution in [0.4, 0.5) is 0 Å². The SMILES string of the molecule is C1CC(SCC2CO2)C(SCC2CO2)C[Se]1. The van der Waals surface area contributed by atoms with Crippen molar-refractivity contribution in [2.45, 2.75) is 39.8 Å². The number of hydrogen-bond acceptors (Lipinski definition) is 4. The Hall–Kier alpha value is 1.14. The van der Waals surface area contributed by atoms with Crippen molar-refractivity contribution in [2.24, 2.45) is 0 Å². The van der Waals surface area contributed by atoms with Crippen LogP contribution >= 0.6 is 23.5 Å². The Morgan fingerprint density at radius 1 is 1.00 bits per heavy atom. The predicted octanol–water partition coefficient (Wildman–Crippen LogP) is 1.93. The summed E-state index contributed by atoms with van der Waals surface area (Å²) in [6, 6.07) is 0. The summed E-state index contributed by atoms with van der Waals surface area (Å²) in [6.45, 7) is 2.02. The molecule has 0 radical (unpaired) electrons. The minimum absolute atomic E-state index is 0.592. The van der Waals surface area contributed by atoms with Crippen LogP contribution in [0.25, 0.3) is 0 Å². The zero-order chi connectivity index (χ0) is 10.8. The second-order valence-electron chi connectivity index (χ2n) is 4.52. The van der Waals surface area contributed by atoms with Crippen LogP contribution in [0.1, 0.15) is 6.42 Å². The summed E-state index contributed by atoms with van der Waals surface area (Å²) in [5.41, 5.74) is 0. The Kier molecular flexibility index (Phi) is 4.46. The third-order valence-electron chi connectivity index (χ3n) is 3.04. The van der Waals surface area contributed by atoms with Gasteiger partial charge < -0.3 is 0 Å². The summed E-state index contributed by atoms with van der Waals surface area (Å²) < 4.78 is 10.6. The second-order valence-corrected chi connectivity index (χ2v) is 9.47. The van der Waals surface area contributed by atoms with Gasteiger partial charge in [-0.1, -0.05) is 0 Å². The second kappa shape index (κ2) is 5.85. The molecule has 92 valence electrons. The van der Waals surface area contributed by atoms with Crippen LogP contribution in [0.2, 0.25) is 10.6 Å². The van der Waals surface area contributed by atoms with Crippen molar-refractivity contribution in [1.82, 2.24) is 0 Å². The van der Waals surface area contributed by atoms with Gasteiger partial charge in [0.1, 0.15) is 0 Å². The molecule has 4 atom stereocenters. The number of thioether (sulfide) groups is 2. The van der Waals surface area contributed by atoms with Gasteiger partial charge in [-0.15, -0.1) is 0 Å².